The number of aliphatic hydroxyl groups is 3. The summed E-state index contributed by atoms with van der Waals surface area (Å²) in [5.41, 5.74) is 0.0496. The third-order valence-corrected chi connectivity index (χ3v) is 7.08. The van der Waals surface area contributed by atoms with Crippen molar-refractivity contribution in [3.05, 3.63) is 70.6 Å². The number of aryl methyl sites for hydroxylation is 1. The van der Waals surface area contributed by atoms with Gasteiger partial charge in [-0.15, -0.1) is 16.9 Å². The predicted molar refractivity (Wildman–Crippen MR) is 120 cm³/mol. The highest BCUT2D eigenvalue weighted by Gasteiger charge is 2.46. The van der Waals surface area contributed by atoms with Crippen LogP contribution in [0.1, 0.15) is 11.6 Å². The second-order valence-electron chi connectivity index (χ2n) is 7.75. The lowest BCUT2D eigenvalue weighted by Crippen LogP contribution is -2.55. The number of thioether (sulfide) groups is 1. The van der Waals surface area contributed by atoms with Crippen molar-refractivity contribution in [2.24, 2.45) is 0 Å². The first-order valence-corrected chi connectivity index (χ1v) is 11.8. The van der Waals surface area contributed by atoms with Crippen molar-refractivity contribution in [3.63, 3.8) is 0 Å². The average molecular weight is 516 g/mol. The maximum absolute atomic E-state index is 13.6. The van der Waals surface area contributed by atoms with Gasteiger partial charge in [0.05, 0.1) is 12.8 Å². The molecule has 0 spiro atoms. The van der Waals surface area contributed by atoms with Gasteiger partial charge in [0.15, 0.2) is 17.5 Å². The molecule has 3 N–H and O–H groups in total. The molecule has 182 valence electrons. The minimum absolute atomic E-state index is 0.00663. The zero-order valence-electron chi connectivity index (χ0n) is 17.6. The fourth-order valence-corrected chi connectivity index (χ4v) is 5.14. The number of ether oxygens (including phenoxy) is 1. The number of hydrogen-bond acceptors (Lipinski definition) is 7. The molecule has 0 saturated carbocycles. The zero-order chi connectivity index (χ0) is 24.4. The largest absolute Gasteiger partial charge is 0.394 e. The van der Waals surface area contributed by atoms with Gasteiger partial charge in [0, 0.05) is 10.6 Å². The molecule has 0 aliphatic carbocycles. The van der Waals surface area contributed by atoms with Crippen LogP contribution in [0.5, 0.6) is 0 Å². The lowest BCUT2D eigenvalue weighted by molar-refractivity contribution is -0.178. The first-order valence-electron chi connectivity index (χ1n) is 10.3. The maximum atomic E-state index is 13.6. The first kappa shape index (κ1) is 25.0. The van der Waals surface area contributed by atoms with E-state index in [2.05, 4.69) is 10.3 Å². The van der Waals surface area contributed by atoms with E-state index >= 15 is 0 Å². The zero-order valence-corrected chi connectivity index (χ0v) is 19.1. The standard InChI is InChI=1S/C22H21ClF3N3O4S/c23-13-4-2-1-3-11(13)5-6-34-22-21(32)19(20(31)17(10-30)33-22)29-9-16(27-28-29)12-7-14(24)18(26)15(25)8-12/h1-4,7-9,17,19-22,30-32H,5-6,10H2/t17?,19?,20-,21?,22+/m0/s1. The van der Waals surface area contributed by atoms with Crippen LogP contribution in [-0.4, -0.2) is 66.4 Å². The molecule has 1 fully saturated rings. The van der Waals surface area contributed by atoms with E-state index in [9.17, 15) is 28.5 Å². The smallest absolute Gasteiger partial charge is 0.194 e. The van der Waals surface area contributed by atoms with Crippen molar-refractivity contribution in [2.45, 2.75) is 36.2 Å². The molecule has 3 aromatic rings. The summed E-state index contributed by atoms with van der Waals surface area (Å²) < 4.78 is 47.4. The van der Waals surface area contributed by atoms with Crippen LogP contribution in [-0.2, 0) is 11.2 Å². The Morgan fingerprint density at radius 2 is 1.79 bits per heavy atom. The molecule has 3 unspecified atom stereocenters. The van der Waals surface area contributed by atoms with Crippen LogP contribution in [0.2, 0.25) is 5.02 Å². The Kier molecular flexibility index (Phi) is 7.80. The van der Waals surface area contributed by atoms with E-state index in [0.717, 1.165) is 22.4 Å². The van der Waals surface area contributed by atoms with Crippen LogP contribution < -0.4 is 0 Å². The van der Waals surface area contributed by atoms with Gasteiger partial charge in [-0.2, -0.15) is 0 Å². The van der Waals surface area contributed by atoms with Crippen LogP contribution in [0.3, 0.4) is 0 Å². The minimum atomic E-state index is -1.60. The number of nitrogens with zero attached hydrogens (tertiary/aromatic N) is 3. The number of rotatable bonds is 7. The predicted octanol–water partition coefficient (Wildman–Crippen LogP) is 2.97. The summed E-state index contributed by atoms with van der Waals surface area (Å²) in [6, 6.07) is 7.84. The molecule has 2 heterocycles. The number of benzene rings is 2. The molecule has 1 aromatic heterocycles. The normalized spacial score (nSPS) is 25.0. The van der Waals surface area contributed by atoms with E-state index in [1.807, 2.05) is 18.2 Å². The molecule has 34 heavy (non-hydrogen) atoms. The van der Waals surface area contributed by atoms with Crippen molar-refractivity contribution in [3.8, 4) is 11.3 Å². The number of aliphatic hydroxyl groups excluding tert-OH is 3. The van der Waals surface area contributed by atoms with Crippen LogP contribution in [0.15, 0.2) is 42.6 Å². The Bertz CT molecular complexity index is 1130. The van der Waals surface area contributed by atoms with Crippen molar-refractivity contribution in [1.29, 1.82) is 0 Å². The highest BCUT2D eigenvalue weighted by atomic mass is 35.5. The van der Waals surface area contributed by atoms with Crippen LogP contribution in [0.25, 0.3) is 11.3 Å². The highest BCUT2D eigenvalue weighted by Crippen LogP contribution is 2.36. The van der Waals surface area contributed by atoms with E-state index < -0.39 is 53.8 Å². The van der Waals surface area contributed by atoms with Crippen molar-refractivity contribution in [2.75, 3.05) is 12.4 Å². The molecule has 7 nitrogen and oxygen atoms in total. The fourth-order valence-electron chi connectivity index (χ4n) is 3.76. The van der Waals surface area contributed by atoms with E-state index in [1.165, 1.54) is 18.0 Å². The second kappa shape index (κ2) is 10.6. The Labute approximate surface area is 202 Å². The van der Waals surface area contributed by atoms with Gasteiger partial charge in [0.2, 0.25) is 0 Å². The van der Waals surface area contributed by atoms with Crippen molar-refractivity contribution in [1.82, 2.24) is 15.0 Å². The molecule has 2 aromatic carbocycles. The highest BCUT2D eigenvalue weighted by molar-refractivity contribution is 7.99. The van der Waals surface area contributed by atoms with Gasteiger partial charge in [0.1, 0.15) is 35.5 Å². The van der Waals surface area contributed by atoms with Crippen molar-refractivity contribution < 1.29 is 33.2 Å². The monoisotopic (exact) mass is 515 g/mol. The fraction of sp³-hybridized carbons (Fsp3) is 0.364. The van der Waals surface area contributed by atoms with Crippen LogP contribution in [0.4, 0.5) is 13.2 Å². The van der Waals surface area contributed by atoms with Crippen LogP contribution in [0, 0.1) is 17.5 Å². The Morgan fingerprint density at radius 1 is 1.09 bits per heavy atom. The van der Waals surface area contributed by atoms with Crippen molar-refractivity contribution >= 4 is 23.4 Å². The first-order chi connectivity index (χ1) is 16.3. The van der Waals surface area contributed by atoms with Gasteiger partial charge >= 0.3 is 0 Å². The van der Waals surface area contributed by atoms with E-state index in [1.54, 1.807) is 6.07 Å². The summed E-state index contributed by atoms with van der Waals surface area (Å²) in [6.45, 7) is -0.512. The molecular weight excluding hydrogens is 495 g/mol. The van der Waals surface area contributed by atoms with E-state index in [0.29, 0.717) is 17.2 Å². The van der Waals surface area contributed by atoms with E-state index in [4.69, 9.17) is 16.3 Å². The Balaban J connectivity index is 1.53. The number of hydrogen-bond donors (Lipinski definition) is 3. The molecular formula is C22H21ClF3N3O4S. The molecule has 1 saturated heterocycles. The van der Waals surface area contributed by atoms with Gasteiger partial charge in [-0.1, -0.05) is 35.0 Å². The Morgan fingerprint density at radius 3 is 2.47 bits per heavy atom. The van der Waals surface area contributed by atoms with Gasteiger partial charge in [-0.25, -0.2) is 17.9 Å². The average Bonchev–Trinajstić information content (AvgIpc) is 3.29. The summed E-state index contributed by atoms with van der Waals surface area (Å²) in [7, 11) is 0. The molecule has 0 bridgehead atoms. The molecule has 1 aliphatic heterocycles. The number of halogens is 4. The lowest BCUT2D eigenvalue weighted by atomic mass is 9.97. The summed E-state index contributed by atoms with van der Waals surface area (Å²) >= 11 is 7.46. The van der Waals surface area contributed by atoms with Gasteiger partial charge in [-0.05, 0) is 35.9 Å². The number of aromatic nitrogens is 3. The molecule has 0 amide bonds. The molecule has 5 atom stereocenters. The lowest BCUT2D eigenvalue weighted by Gasteiger charge is -2.41. The summed E-state index contributed by atoms with van der Waals surface area (Å²) in [5, 5.41) is 39.7. The summed E-state index contributed by atoms with van der Waals surface area (Å²) in [6.07, 6.45) is -1.75. The third kappa shape index (κ3) is 5.09. The second-order valence-corrected chi connectivity index (χ2v) is 9.36. The third-order valence-electron chi connectivity index (χ3n) is 5.56. The topological polar surface area (TPSA) is 101 Å². The molecule has 1 aliphatic rings. The summed E-state index contributed by atoms with van der Waals surface area (Å²) in [5.74, 6) is -3.84. The Hall–Kier alpha value is -2.15. The summed E-state index contributed by atoms with van der Waals surface area (Å²) in [4.78, 5) is 0. The van der Waals surface area contributed by atoms with Gasteiger partial charge < -0.3 is 20.1 Å². The molecule has 0 radical (unpaired) electrons. The SMILES string of the molecule is OCC1O[C@H](SCCc2ccccc2Cl)C(O)C(n2cc(-c3cc(F)c(F)c(F)c3)nn2)[C@H]1O. The minimum Gasteiger partial charge on any atom is -0.394 e. The molecule has 12 heteroatoms. The quantitative estimate of drug-likeness (QED) is 0.416. The molecule has 4 rings (SSSR count). The van der Waals surface area contributed by atoms with Gasteiger partial charge in [-0.3, -0.25) is 0 Å². The van der Waals surface area contributed by atoms with E-state index in [-0.39, 0.29) is 11.3 Å². The maximum Gasteiger partial charge on any atom is 0.194 e. The van der Waals surface area contributed by atoms with Crippen LogP contribution >= 0.6 is 23.4 Å². The van der Waals surface area contributed by atoms with Gasteiger partial charge in [0.25, 0.3) is 0 Å².